The van der Waals surface area contributed by atoms with Crippen molar-refractivity contribution < 1.29 is 17.9 Å². The maximum absolute atomic E-state index is 12.9. The standard InChI is InChI=1S/C8H6BrF3O/c9-4-5-1-2-7(6(10)3-5)13-8(11)12/h1-3,8H,4H2. The van der Waals surface area contributed by atoms with E-state index in [-0.39, 0.29) is 0 Å². The van der Waals surface area contributed by atoms with Gasteiger partial charge < -0.3 is 4.74 Å². The van der Waals surface area contributed by atoms with E-state index in [0.29, 0.717) is 10.9 Å². The van der Waals surface area contributed by atoms with E-state index >= 15 is 0 Å². The van der Waals surface area contributed by atoms with Crippen LogP contribution in [0.1, 0.15) is 5.56 Å². The molecule has 1 nitrogen and oxygen atoms in total. The lowest BCUT2D eigenvalue weighted by Crippen LogP contribution is -2.03. The van der Waals surface area contributed by atoms with Gasteiger partial charge >= 0.3 is 6.61 Å². The summed E-state index contributed by atoms with van der Waals surface area (Å²) in [6, 6.07) is 3.83. The molecule has 1 aromatic carbocycles. The predicted molar refractivity (Wildman–Crippen MR) is 45.7 cm³/mol. The second-order valence-electron chi connectivity index (χ2n) is 2.28. The fraction of sp³-hybridized carbons (Fsp3) is 0.250. The molecule has 0 unspecified atom stereocenters. The SMILES string of the molecule is Fc1cc(CBr)ccc1OC(F)F. The second-order valence-corrected chi connectivity index (χ2v) is 2.84. The normalized spacial score (nSPS) is 10.5. The summed E-state index contributed by atoms with van der Waals surface area (Å²) in [5.41, 5.74) is 0.666. The number of hydrogen-bond donors (Lipinski definition) is 0. The van der Waals surface area contributed by atoms with Crippen LogP contribution < -0.4 is 4.74 Å². The number of benzene rings is 1. The van der Waals surface area contributed by atoms with Crippen LogP contribution in [0.15, 0.2) is 18.2 Å². The van der Waals surface area contributed by atoms with Gasteiger partial charge in [-0.1, -0.05) is 22.0 Å². The Balaban J connectivity index is 2.85. The lowest BCUT2D eigenvalue weighted by molar-refractivity contribution is -0.0522. The Morgan fingerprint density at radius 1 is 1.38 bits per heavy atom. The molecule has 0 fully saturated rings. The number of halogens is 4. The van der Waals surface area contributed by atoms with Crippen molar-refractivity contribution in [1.29, 1.82) is 0 Å². The number of hydrogen-bond acceptors (Lipinski definition) is 1. The fourth-order valence-corrected chi connectivity index (χ4v) is 1.17. The fourth-order valence-electron chi connectivity index (χ4n) is 0.819. The van der Waals surface area contributed by atoms with Gasteiger partial charge in [0.2, 0.25) is 0 Å². The Morgan fingerprint density at radius 2 is 2.08 bits per heavy atom. The summed E-state index contributed by atoms with van der Waals surface area (Å²) in [6.07, 6.45) is 0. The minimum Gasteiger partial charge on any atom is -0.432 e. The summed E-state index contributed by atoms with van der Waals surface area (Å²) in [4.78, 5) is 0. The first-order valence-electron chi connectivity index (χ1n) is 3.42. The minimum absolute atomic E-state index is 0.431. The van der Waals surface area contributed by atoms with Crippen molar-refractivity contribution in [3.63, 3.8) is 0 Å². The molecule has 0 aromatic heterocycles. The van der Waals surface area contributed by atoms with Gasteiger partial charge in [0.25, 0.3) is 0 Å². The third-order valence-corrected chi connectivity index (χ3v) is 2.01. The van der Waals surface area contributed by atoms with Gasteiger partial charge in [0.15, 0.2) is 11.6 Å². The third-order valence-electron chi connectivity index (χ3n) is 1.37. The van der Waals surface area contributed by atoms with E-state index in [4.69, 9.17) is 0 Å². The van der Waals surface area contributed by atoms with Crippen LogP contribution in [0.4, 0.5) is 13.2 Å². The van der Waals surface area contributed by atoms with Crippen molar-refractivity contribution in [3.8, 4) is 5.75 Å². The van der Waals surface area contributed by atoms with Gasteiger partial charge in [-0.2, -0.15) is 8.78 Å². The Kier molecular flexibility index (Phi) is 3.59. The van der Waals surface area contributed by atoms with E-state index in [1.165, 1.54) is 12.1 Å². The van der Waals surface area contributed by atoms with Gasteiger partial charge in [-0.25, -0.2) is 4.39 Å². The van der Waals surface area contributed by atoms with Crippen molar-refractivity contribution in [3.05, 3.63) is 29.6 Å². The first-order valence-corrected chi connectivity index (χ1v) is 4.55. The molecule has 0 spiro atoms. The average Bonchev–Trinajstić information content (AvgIpc) is 2.08. The highest BCUT2D eigenvalue weighted by molar-refractivity contribution is 9.08. The van der Waals surface area contributed by atoms with Gasteiger partial charge in [-0.15, -0.1) is 0 Å². The molecule has 0 N–H and O–H groups in total. The molecule has 0 saturated heterocycles. The smallest absolute Gasteiger partial charge is 0.387 e. The first kappa shape index (κ1) is 10.4. The summed E-state index contributed by atoms with van der Waals surface area (Å²) in [7, 11) is 0. The van der Waals surface area contributed by atoms with Gasteiger partial charge in [-0.3, -0.25) is 0 Å². The molecule has 1 rings (SSSR count). The molecule has 0 aliphatic rings. The topological polar surface area (TPSA) is 9.23 Å². The molecule has 72 valence electrons. The lowest BCUT2D eigenvalue weighted by Gasteiger charge is -2.05. The van der Waals surface area contributed by atoms with E-state index in [0.717, 1.165) is 6.07 Å². The minimum atomic E-state index is -3.00. The number of ether oxygens (including phenoxy) is 1. The predicted octanol–water partition coefficient (Wildman–Crippen LogP) is 3.32. The molecule has 13 heavy (non-hydrogen) atoms. The van der Waals surface area contributed by atoms with Crippen molar-refractivity contribution in [2.24, 2.45) is 0 Å². The molecule has 0 aliphatic heterocycles. The van der Waals surface area contributed by atoms with Gasteiger partial charge in [0.05, 0.1) is 0 Å². The molecular weight excluding hydrogens is 249 g/mol. The summed E-state index contributed by atoms with van der Waals surface area (Å²) in [6.45, 7) is -3.00. The van der Waals surface area contributed by atoms with Crippen LogP contribution in [0.25, 0.3) is 0 Å². The van der Waals surface area contributed by atoms with Crippen LogP contribution in [-0.2, 0) is 5.33 Å². The molecule has 0 atom stereocenters. The zero-order valence-corrected chi connectivity index (χ0v) is 8.02. The van der Waals surface area contributed by atoms with Crippen LogP contribution in [0.2, 0.25) is 0 Å². The summed E-state index contributed by atoms with van der Waals surface area (Å²) < 4.78 is 40.2. The Labute approximate surface area is 81.6 Å². The van der Waals surface area contributed by atoms with Crippen molar-refractivity contribution in [2.45, 2.75) is 11.9 Å². The summed E-state index contributed by atoms with van der Waals surface area (Å²) >= 11 is 3.11. The molecule has 1 aromatic rings. The van der Waals surface area contributed by atoms with Crippen molar-refractivity contribution >= 4 is 15.9 Å². The quantitative estimate of drug-likeness (QED) is 0.753. The van der Waals surface area contributed by atoms with Gasteiger partial charge in [-0.05, 0) is 17.7 Å². The highest BCUT2D eigenvalue weighted by atomic mass is 79.9. The largest absolute Gasteiger partial charge is 0.432 e. The zero-order valence-electron chi connectivity index (χ0n) is 6.44. The summed E-state index contributed by atoms with van der Waals surface area (Å²) in [5, 5.41) is 0.471. The molecule has 0 amide bonds. The van der Waals surface area contributed by atoms with Gasteiger partial charge in [0, 0.05) is 5.33 Å². The van der Waals surface area contributed by atoms with E-state index in [1.54, 1.807) is 0 Å². The average molecular weight is 255 g/mol. The first-order chi connectivity index (χ1) is 6.13. The summed E-state index contributed by atoms with van der Waals surface area (Å²) in [5.74, 6) is -1.21. The molecular formula is C8H6BrF3O. The monoisotopic (exact) mass is 254 g/mol. The molecule has 0 bridgehead atoms. The van der Waals surface area contributed by atoms with Crippen molar-refractivity contribution in [2.75, 3.05) is 0 Å². The Hall–Kier alpha value is -0.710. The molecule has 0 heterocycles. The highest BCUT2D eigenvalue weighted by Gasteiger charge is 2.09. The molecule has 5 heteroatoms. The Morgan fingerprint density at radius 3 is 2.54 bits per heavy atom. The van der Waals surface area contributed by atoms with Crippen LogP contribution in [0.3, 0.4) is 0 Å². The molecule has 0 radical (unpaired) electrons. The van der Waals surface area contributed by atoms with Crippen LogP contribution in [0, 0.1) is 5.82 Å². The van der Waals surface area contributed by atoms with E-state index in [9.17, 15) is 13.2 Å². The van der Waals surface area contributed by atoms with Crippen LogP contribution in [-0.4, -0.2) is 6.61 Å². The zero-order chi connectivity index (χ0) is 9.84. The maximum Gasteiger partial charge on any atom is 0.387 e. The molecule has 0 aliphatic carbocycles. The highest BCUT2D eigenvalue weighted by Crippen LogP contribution is 2.21. The lowest BCUT2D eigenvalue weighted by atomic mass is 10.2. The Bertz CT molecular complexity index is 291. The maximum atomic E-state index is 12.9. The number of rotatable bonds is 3. The van der Waals surface area contributed by atoms with E-state index in [1.807, 2.05) is 0 Å². The third kappa shape index (κ3) is 2.91. The number of alkyl halides is 3. The van der Waals surface area contributed by atoms with E-state index < -0.39 is 18.2 Å². The molecule has 0 saturated carbocycles. The van der Waals surface area contributed by atoms with Crippen molar-refractivity contribution in [1.82, 2.24) is 0 Å². The van der Waals surface area contributed by atoms with Crippen LogP contribution in [0.5, 0.6) is 5.75 Å². The second kappa shape index (κ2) is 4.50. The van der Waals surface area contributed by atoms with E-state index in [2.05, 4.69) is 20.7 Å². The van der Waals surface area contributed by atoms with Crippen LogP contribution >= 0.6 is 15.9 Å². The van der Waals surface area contributed by atoms with Gasteiger partial charge in [0.1, 0.15) is 0 Å².